The minimum Gasteiger partial charge on any atom is -0.507 e. The average Bonchev–Trinajstić information content (AvgIpc) is 3.13. The van der Waals surface area contributed by atoms with Crippen molar-refractivity contribution in [1.82, 2.24) is 0 Å². The van der Waals surface area contributed by atoms with Crippen molar-refractivity contribution in [2.24, 2.45) is 0 Å². The van der Waals surface area contributed by atoms with Crippen molar-refractivity contribution in [2.45, 2.75) is 13.0 Å². The molecule has 1 amide bonds. The van der Waals surface area contributed by atoms with Crippen LogP contribution in [0.3, 0.4) is 0 Å². The summed E-state index contributed by atoms with van der Waals surface area (Å²) in [7, 11) is 1.56. The van der Waals surface area contributed by atoms with Gasteiger partial charge in [0, 0.05) is 16.3 Å². The molecule has 1 unspecified atom stereocenters. The molecule has 0 spiro atoms. The third kappa shape index (κ3) is 3.84. The van der Waals surface area contributed by atoms with Crippen LogP contribution in [0.5, 0.6) is 5.75 Å². The van der Waals surface area contributed by atoms with Gasteiger partial charge in [0.1, 0.15) is 11.5 Å². The first-order valence-corrected chi connectivity index (χ1v) is 11.5. The number of nitrogens with zero attached hydrogens (tertiary/aromatic N) is 1. The third-order valence-electron chi connectivity index (χ3n) is 6.34. The lowest BCUT2D eigenvalue weighted by Crippen LogP contribution is -2.29. The summed E-state index contributed by atoms with van der Waals surface area (Å²) in [6.07, 6.45) is 0. The van der Waals surface area contributed by atoms with Gasteiger partial charge >= 0.3 is 0 Å². The van der Waals surface area contributed by atoms with E-state index in [1.807, 2.05) is 49.4 Å². The quantitative estimate of drug-likeness (QED) is 0.206. The van der Waals surface area contributed by atoms with E-state index in [0.717, 1.165) is 16.3 Å². The number of ether oxygens (including phenoxy) is 1. The Bertz CT molecular complexity index is 1520. The van der Waals surface area contributed by atoms with Gasteiger partial charge in [0.15, 0.2) is 0 Å². The molecule has 4 aromatic carbocycles. The second kappa shape index (κ2) is 8.93. The zero-order valence-electron chi connectivity index (χ0n) is 19.2. The molecule has 1 aliphatic heterocycles. The van der Waals surface area contributed by atoms with Crippen LogP contribution in [-0.4, -0.2) is 23.9 Å². The third-order valence-corrected chi connectivity index (χ3v) is 6.57. The van der Waals surface area contributed by atoms with Gasteiger partial charge in [0.2, 0.25) is 0 Å². The lowest BCUT2D eigenvalue weighted by molar-refractivity contribution is -0.132. The van der Waals surface area contributed by atoms with Crippen molar-refractivity contribution >= 4 is 45.5 Å². The van der Waals surface area contributed by atoms with Gasteiger partial charge in [-0.3, -0.25) is 14.5 Å². The molecule has 0 aliphatic carbocycles. The van der Waals surface area contributed by atoms with Gasteiger partial charge in [0.25, 0.3) is 11.7 Å². The van der Waals surface area contributed by atoms with Crippen LogP contribution in [0.4, 0.5) is 5.69 Å². The molecule has 4 aromatic rings. The largest absolute Gasteiger partial charge is 0.507 e. The van der Waals surface area contributed by atoms with Gasteiger partial charge in [-0.2, -0.15) is 0 Å². The number of ketones is 1. The van der Waals surface area contributed by atoms with E-state index in [4.69, 9.17) is 16.3 Å². The van der Waals surface area contributed by atoms with Crippen molar-refractivity contribution in [1.29, 1.82) is 0 Å². The van der Waals surface area contributed by atoms with Crippen LogP contribution in [0.25, 0.3) is 16.5 Å². The fourth-order valence-electron chi connectivity index (χ4n) is 4.68. The number of aliphatic hydroxyl groups excluding tert-OH is 1. The first-order valence-electron chi connectivity index (χ1n) is 11.1. The van der Waals surface area contributed by atoms with E-state index in [1.54, 1.807) is 49.6 Å². The van der Waals surface area contributed by atoms with Crippen molar-refractivity contribution in [3.05, 3.63) is 112 Å². The lowest BCUT2D eigenvalue weighted by atomic mass is 9.90. The topological polar surface area (TPSA) is 66.8 Å². The summed E-state index contributed by atoms with van der Waals surface area (Å²) in [6.45, 7) is 1.82. The van der Waals surface area contributed by atoms with Crippen molar-refractivity contribution in [2.75, 3.05) is 12.0 Å². The van der Waals surface area contributed by atoms with Crippen LogP contribution in [0, 0.1) is 6.92 Å². The van der Waals surface area contributed by atoms with Gasteiger partial charge < -0.3 is 9.84 Å². The number of hydrogen-bond donors (Lipinski definition) is 1. The summed E-state index contributed by atoms with van der Waals surface area (Å²) >= 11 is 6.24. The number of amides is 1. The molecule has 1 saturated heterocycles. The smallest absolute Gasteiger partial charge is 0.300 e. The average molecular weight is 484 g/mol. The molecule has 1 N–H and O–H groups in total. The highest BCUT2D eigenvalue weighted by atomic mass is 35.5. The van der Waals surface area contributed by atoms with E-state index in [-0.39, 0.29) is 11.3 Å². The summed E-state index contributed by atoms with van der Waals surface area (Å²) in [5.74, 6) is -1.08. The number of aryl methyl sites for hydroxylation is 1. The Morgan fingerprint density at radius 3 is 2.43 bits per heavy atom. The zero-order chi connectivity index (χ0) is 24.7. The summed E-state index contributed by atoms with van der Waals surface area (Å²) in [6, 6.07) is 24.6. The maximum atomic E-state index is 13.5. The van der Waals surface area contributed by atoms with E-state index in [2.05, 4.69) is 0 Å². The van der Waals surface area contributed by atoms with E-state index in [0.29, 0.717) is 27.6 Å². The minimum absolute atomic E-state index is 0.0274. The second-order valence-corrected chi connectivity index (χ2v) is 8.83. The van der Waals surface area contributed by atoms with E-state index >= 15 is 0 Å². The van der Waals surface area contributed by atoms with E-state index < -0.39 is 17.7 Å². The van der Waals surface area contributed by atoms with Gasteiger partial charge in [0.05, 0.1) is 18.7 Å². The predicted molar refractivity (Wildman–Crippen MR) is 138 cm³/mol. The first-order chi connectivity index (χ1) is 16.9. The standard InChI is InChI=1S/C29H22ClNO4/c1-17-15-21(35-2)13-14-22(17)27(32)25-26(24-12-5-8-18-7-3-4-11-23(18)24)31(29(34)28(25)33)20-10-6-9-19(30)16-20/h3-16,26,32H,1-2H3/b27-25+. The molecule has 5 rings (SSSR count). The Balaban J connectivity index is 1.81. The van der Waals surface area contributed by atoms with Crippen LogP contribution >= 0.6 is 11.6 Å². The Morgan fingerprint density at radius 1 is 0.943 bits per heavy atom. The minimum atomic E-state index is -0.846. The number of fused-ring (bicyclic) bond motifs is 1. The van der Waals surface area contributed by atoms with Gasteiger partial charge in [-0.25, -0.2) is 0 Å². The second-order valence-electron chi connectivity index (χ2n) is 8.40. The molecular weight excluding hydrogens is 462 g/mol. The molecule has 0 bridgehead atoms. The number of benzene rings is 4. The van der Waals surface area contributed by atoms with Crippen LogP contribution in [0.15, 0.2) is 90.5 Å². The summed E-state index contributed by atoms with van der Waals surface area (Å²) in [4.78, 5) is 28.3. The molecule has 1 fully saturated rings. The molecule has 1 atom stereocenters. The van der Waals surface area contributed by atoms with E-state index in [9.17, 15) is 14.7 Å². The Morgan fingerprint density at radius 2 is 1.69 bits per heavy atom. The number of anilines is 1. The van der Waals surface area contributed by atoms with Crippen LogP contribution in [0.2, 0.25) is 5.02 Å². The van der Waals surface area contributed by atoms with Crippen molar-refractivity contribution < 1.29 is 19.4 Å². The molecule has 0 saturated carbocycles. The van der Waals surface area contributed by atoms with Crippen molar-refractivity contribution in [3.8, 4) is 5.75 Å². The van der Waals surface area contributed by atoms with Gasteiger partial charge in [-0.1, -0.05) is 60.1 Å². The van der Waals surface area contributed by atoms with Crippen LogP contribution in [0.1, 0.15) is 22.7 Å². The number of halogens is 1. The molecule has 5 nitrogen and oxygen atoms in total. The first kappa shape index (κ1) is 22.7. The molecule has 6 heteroatoms. The molecule has 174 valence electrons. The number of carbonyl (C=O) groups is 2. The fourth-order valence-corrected chi connectivity index (χ4v) is 4.87. The van der Waals surface area contributed by atoms with Crippen LogP contribution in [-0.2, 0) is 9.59 Å². The Labute approximate surface area is 207 Å². The maximum Gasteiger partial charge on any atom is 0.300 e. The molecule has 35 heavy (non-hydrogen) atoms. The Kier molecular flexibility index (Phi) is 5.79. The summed E-state index contributed by atoms with van der Waals surface area (Å²) in [5.41, 5.74) is 2.41. The molecule has 1 heterocycles. The van der Waals surface area contributed by atoms with E-state index in [1.165, 1.54) is 4.90 Å². The highest BCUT2D eigenvalue weighted by Crippen LogP contribution is 2.44. The summed E-state index contributed by atoms with van der Waals surface area (Å²) < 4.78 is 5.28. The lowest BCUT2D eigenvalue weighted by Gasteiger charge is -2.26. The van der Waals surface area contributed by atoms with Crippen molar-refractivity contribution in [3.63, 3.8) is 0 Å². The monoisotopic (exact) mass is 483 g/mol. The number of carbonyl (C=O) groups excluding carboxylic acids is 2. The zero-order valence-corrected chi connectivity index (χ0v) is 19.9. The van der Waals surface area contributed by atoms with Gasteiger partial charge in [-0.15, -0.1) is 0 Å². The Hall–Kier alpha value is -4.09. The number of rotatable bonds is 4. The SMILES string of the molecule is COc1ccc(/C(O)=C2\C(=O)C(=O)N(c3cccc(Cl)c3)C2c2cccc3ccccc23)c(C)c1. The number of hydrogen-bond acceptors (Lipinski definition) is 4. The highest BCUT2D eigenvalue weighted by molar-refractivity contribution is 6.52. The summed E-state index contributed by atoms with van der Waals surface area (Å²) in [5, 5.41) is 13.8. The molecule has 0 aromatic heterocycles. The molecule has 1 aliphatic rings. The number of aliphatic hydroxyl groups is 1. The number of Topliss-reactive ketones (excluding diaryl/α,β-unsaturated/α-hetero) is 1. The van der Waals surface area contributed by atoms with Crippen LogP contribution < -0.4 is 9.64 Å². The molecule has 0 radical (unpaired) electrons. The normalized spacial score (nSPS) is 17.2. The van der Waals surface area contributed by atoms with Gasteiger partial charge in [-0.05, 0) is 65.2 Å². The molecular formula is C29H22ClNO4. The number of methoxy groups -OCH3 is 1. The maximum absolute atomic E-state index is 13.5. The fraction of sp³-hybridized carbons (Fsp3) is 0.103. The highest BCUT2D eigenvalue weighted by Gasteiger charge is 2.47. The predicted octanol–water partition coefficient (Wildman–Crippen LogP) is 6.44.